The van der Waals surface area contributed by atoms with Crippen LogP contribution in [0.4, 0.5) is 0 Å². The van der Waals surface area contributed by atoms with Gasteiger partial charge in [-0.3, -0.25) is 4.79 Å². The van der Waals surface area contributed by atoms with Crippen molar-refractivity contribution >= 4 is 15.9 Å². The van der Waals surface area contributed by atoms with Crippen molar-refractivity contribution < 1.29 is 27.4 Å². The van der Waals surface area contributed by atoms with Gasteiger partial charge in [-0.25, -0.2) is 8.42 Å². The summed E-state index contributed by atoms with van der Waals surface area (Å²) in [6, 6.07) is 7.44. The molecule has 3 fully saturated rings. The molecule has 3 atom stereocenters. The van der Waals surface area contributed by atoms with Gasteiger partial charge in [0.1, 0.15) is 16.6 Å². The lowest BCUT2D eigenvalue weighted by Crippen LogP contribution is -2.56. The Morgan fingerprint density at radius 2 is 2.14 bits per heavy atom. The van der Waals surface area contributed by atoms with Crippen LogP contribution in [-0.2, 0) is 30.7 Å². The Morgan fingerprint density at radius 1 is 1.32 bits per heavy atom. The number of benzene rings is 1. The topological polar surface area (TPSA) is 85.4 Å². The fourth-order valence-electron chi connectivity index (χ4n) is 4.60. The number of hydrogen-bond donors (Lipinski definition) is 0. The first-order valence-electron chi connectivity index (χ1n) is 9.44. The van der Waals surface area contributed by atoms with E-state index in [1.807, 2.05) is 24.3 Å². The molecule has 9 heteroatoms. The maximum Gasteiger partial charge on any atom is 0.227 e. The Balaban J connectivity index is 1.50. The Bertz CT molecular complexity index is 860. The highest BCUT2D eigenvalue weighted by atomic mass is 32.2. The molecule has 0 aliphatic carbocycles. The highest BCUT2D eigenvalue weighted by Gasteiger charge is 2.65. The lowest BCUT2D eigenvalue weighted by atomic mass is 9.99. The number of nitrogens with zero attached hydrogens (tertiary/aromatic N) is 2. The van der Waals surface area contributed by atoms with Gasteiger partial charge in [-0.15, -0.1) is 0 Å². The number of ether oxygens (including phenoxy) is 3. The molecule has 3 heterocycles. The molecule has 3 aliphatic heterocycles. The third-order valence-electron chi connectivity index (χ3n) is 5.90. The summed E-state index contributed by atoms with van der Waals surface area (Å²) < 4.78 is 43.7. The van der Waals surface area contributed by atoms with Crippen LogP contribution in [0.2, 0.25) is 0 Å². The smallest absolute Gasteiger partial charge is 0.227 e. The Hall–Kier alpha value is -1.68. The van der Waals surface area contributed by atoms with Crippen molar-refractivity contribution in [2.75, 3.05) is 47.0 Å². The second kappa shape index (κ2) is 7.29. The number of likely N-dealkylation sites (tertiary alicyclic amines) is 1. The van der Waals surface area contributed by atoms with Gasteiger partial charge < -0.3 is 19.1 Å². The molecule has 8 nitrogen and oxygen atoms in total. The molecular formula is C19H26N2O6S. The van der Waals surface area contributed by atoms with Gasteiger partial charge in [0.05, 0.1) is 32.8 Å². The number of methoxy groups -OCH3 is 2. The predicted octanol–water partition coefficient (Wildman–Crippen LogP) is 0.268. The summed E-state index contributed by atoms with van der Waals surface area (Å²) in [5, 5.41) is -0.587. The van der Waals surface area contributed by atoms with Gasteiger partial charge in [-0.2, -0.15) is 4.31 Å². The van der Waals surface area contributed by atoms with E-state index >= 15 is 0 Å². The minimum absolute atomic E-state index is 0.0192. The largest absolute Gasteiger partial charge is 0.497 e. The molecule has 28 heavy (non-hydrogen) atoms. The van der Waals surface area contributed by atoms with Crippen LogP contribution in [0.1, 0.15) is 12.0 Å². The molecule has 154 valence electrons. The van der Waals surface area contributed by atoms with E-state index in [0.29, 0.717) is 38.4 Å². The van der Waals surface area contributed by atoms with E-state index in [-0.39, 0.29) is 25.0 Å². The average molecular weight is 410 g/mol. The minimum atomic E-state index is -3.44. The number of carbonyl (C=O) groups is 1. The average Bonchev–Trinajstić information content (AvgIpc) is 3.05. The fourth-order valence-corrected chi connectivity index (χ4v) is 6.90. The molecule has 1 aromatic carbocycles. The summed E-state index contributed by atoms with van der Waals surface area (Å²) in [4.78, 5) is 14.7. The van der Waals surface area contributed by atoms with Crippen LogP contribution < -0.4 is 4.74 Å². The Kier molecular flexibility index (Phi) is 5.11. The van der Waals surface area contributed by atoms with Crippen molar-refractivity contribution in [3.8, 4) is 5.75 Å². The number of morpholine rings is 1. The minimum Gasteiger partial charge on any atom is -0.497 e. The molecule has 0 saturated carbocycles. The van der Waals surface area contributed by atoms with Gasteiger partial charge in [0.15, 0.2) is 0 Å². The molecule has 3 saturated heterocycles. The normalized spacial score (nSPS) is 31.0. The standard InChI is InChI=1S/C19H26N2O6S/c1-25-7-6-21-13-19-12-20(11-16(27-19)10-17(19)28(21,23)24)18(22)9-14-4-3-5-15(8-14)26-2/h3-5,8,16-17H,6-7,9-13H2,1-2H3/t16-,17+,19+/m1/s1. The number of rotatable bonds is 6. The van der Waals surface area contributed by atoms with Gasteiger partial charge >= 0.3 is 0 Å². The first-order chi connectivity index (χ1) is 13.4. The number of sulfonamides is 1. The van der Waals surface area contributed by atoms with Gasteiger partial charge in [0, 0.05) is 26.7 Å². The molecule has 0 unspecified atom stereocenters. The van der Waals surface area contributed by atoms with Crippen LogP contribution in [0.3, 0.4) is 0 Å². The van der Waals surface area contributed by atoms with Crippen LogP contribution in [-0.4, -0.2) is 87.5 Å². The van der Waals surface area contributed by atoms with E-state index in [2.05, 4.69) is 0 Å². The third kappa shape index (κ3) is 3.30. The zero-order valence-corrected chi connectivity index (χ0v) is 17.0. The maximum absolute atomic E-state index is 12.9. The zero-order chi connectivity index (χ0) is 19.9. The molecule has 3 aliphatic rings. The summed E-state index contributed by atoms with van der Waals surface area (Å²) in [5.41, 5.74) is 0.0394. The predicted molar refractivity (Wildman–Crippen MR) is 102 cm³/mol. The first-order valence-corrected chi connectivity index (χ1v) is 10.9. The Labute approximate surface area is 165 Å². The fraction of sp³-hybridized carbons (Fsp3) is 0.632. The van der Waals surface area contributed by atoms with E-state index in [0.717, 1.165) is 5.56 Å². The molecule has 1 spiro atoms. The van der Waals surface area contributed by atoms with Crippen LogP contribution in [0, 0.1) is 0 Å². The number of fused-ring (bicyclic) bond motifs is 1. The van der Waals surface area contributed by atoms with Crippen LogP contribution in [0.25, 0.3) is 0 Å². The summed E-state index contributed by atoms with van der Waals surface area (Å²) in [7, 11) is -0.301. The SMILES string of the molecule is COCCN1C[C@@]23CN(C(=O)Cc4cccc(OC)c4)C[C@@H](C[C@@H]2S1(=O)=O)O3. The molecule has 0 N–H and O–H groups in total. The first kappa shape index (κ1) is 19.6. The second-order valence-electron chi connectivity index (χ2n) is 7.70. The van der Waals surface area contributed by atoms with Crippen LogP contribution >= 0.6 is 0 Å². The monoisotopic (exact) mass is 410 g/mol. The lowest BCUT2D eigenvalue weighted by Gasteiger charge is -2.39. The van der Waals surface area contributed by atoms with Crippen LogP contribution in [0.15, 0.2) is 24.3 Å². The summed E-state index contributed by atoms with van der Waals surface area (Å²) >= 11 is 0. The number of carbonyl (C=O) groups excluding carboxylic acids is 1. The van der Waals surface area contributed by atoms with E-state index in [1.165, 1.54) is 4.31 Å². The molecule has 2 bridgehead atoms. The summed E-state index contributed by atoms with van der Waals surface area (Å²) in [6.45, 7) is 1.67. The van der Waals surface area contributed by atoms with Gasteiger partial charge in [0.25, 0.3) is 0 Å². The molecule has 4 rings (SSSR count). The maximum atomic E-state index is 12.9. The van der Waals surface area contributed by atoms with E-state index < -0.39 is 20.9 Å². The summed E-state index contributed by atoms with van der Waals surface area (Å²) in [5.74, 6) is 0.691. The van der Waals surface area contributed by atoms with E-state index in [1.54, 1.807) is 19.1 Å². The molecule has 1 amide bonds. The summed E-state index contributed by atoms with van der Waals surface area (Å²) in [6.07, 6.45) is 0.465. The van der Waals surface area contributed by atoms with Crippen molar-refractivity contribution in [1.82, 2.24) is 9.21 Å². The van der Waals surface area contributed by atoms with E-state index in [9.17, 15) is 13.2 Å². The third-order valence-corrected chi connectivity index (χ3v) is 8.27. The highest BCUT2D eigenvalue weighted by molar-refractivity contribution is 7.90. The molecule has 0 radical (unpaired) electrons. The Morgan fingerprint density at radius 3 is 2.89 bits per heavy atom. The molecule has 1 aromatic rings. The number of hydrogen-bond acceptors (Lipinski definition) is 6. The van der Waals surface area contributed by atoms with Crippen molar-refractivity contribution in [2.45, 2.75) is 29.8 Å². The highest BCUT2D eigenvalue weighted by Crippen LogP contribution is 2.46. The van der Waals surface area contributed by atoms with Gasteiger partial charge in [-0.1, -0.05) is 12.1 Å². The van der Waals surface area contributed by atoms with Crippen molar-refractivity contribution in [1.29, 1.82) is 0 Å². The second-order valence-corrected chi connectivity index (χ2v) is 9.82. The molecule has 0 aromatic heterocycles. The van der Waals surface area contributed by atoms with E-state index in [4.69, 9.17) is 14.2 Å². The molecular weight excluding hydrogens is 384 g/mol. The van der Waals surface area contributed by atoms with Crippen molar-refractivity contribution in [2.24, 2.45) is 0 Å². The zero-order valence-electron chi connectivity index (χ0n) is 16.2. The van der Waals surface area contributed by atoms with Gasteiger partial charge in [0.2, 0.25) is 15.9 Å². The quantitative estimate of drug-likeness (QED) is 0.669. The van der Waals surface area contributed by atoms with Gasteiger partial charge in [-0.05, 0) is 24.1 Å². The van der Waals surface area contributed by atoms with Crippen molar-refractivity contribution in [3.05, 3.63) is 29.8 Å². The van der Waals surface area contributed by atoms with Crippen molar-refractivity contribution in [3.63, 3.8) is 0 Å². The number of amides is 1. The lowest BCUT2D eigenvalue weighted by molar-refractivity contribution is -0.150. The van der Waals surface area contributed by atoms with Crippen LogP contribution in [0.5, 0.6) is 5.75 Å².